The van der Waals surface area contributed by atoms with Crippen LogP contribution in [0.1, 0.15) is 11.6 Å². The molecule has 30 heavy (non-hydrogen) atoms. The van der Waals surface area contributed by atoms with Crippen LogP contribution in [0.5, 0.6) is 5.75 Å². The molecule has 1 aromatic heterocycles. The summed E-state index contributed by atoms with van der Waals surface area (Å²) in [7, 11) is 0. The largest absolute Gasteiger partial charge is 0.492 e. The van der Waals surface area contributed by atoms with Gasteiger partial charge < -0.3 is 14.2 Å². The Morgan fingerprint density at radius 3 is 2.23 bits per heavy atom. The molecule has 5 nitrogen and oxygen atoms in total. The number of piperazine rings is 1. The van der Waals surface area contributed by atoms with Gasteiger partial charge in [-0.25, -0.2) is 4.39 Å². The van der Waals surface area contributed by atoms with Crippen molar-refractivity contribution in [2.24, 2.45) is 0 Å². The van der Waals surface area contributed by atoms with Crippen molar-refractivity contribution in [3.8, 4) is 5.75 Å². The van der Waals surface area contributed by atoms with Gasteiger partial charge in [-0.1, -0.05) is 30.3 Å². The third-order valence-electron chi connectivity index (χ3n) is 5.45. The normalized spacial score (nSPS) is 15.7. The van der Waals surface area contributed by atoms with Crippen molar-refractivity contribution < 1.29 is 13.9 Å². The molecule has 1 saturated heterocycles. The summed E-state index contributed by atoms with van der Waals surface area (Å²) in [6.07, 6.45) is 3.89. The van der Waals surface area contributed by atoms with Crippen LogP contribution in [0.2, 0.25) is 0 Å². The van der Waals surface area contributed by atoms with Crippen LogP contribution in [-0.4, -0.2) is 59.6 Å². The average molecular weight is 407 g/mol. The topological polar surface area (TPSA) is 37.7 Å². The van der Waals surface area contributed by atoms with E-state index in [2.05, 4.69) is 4.90 Å². The molecule has 0 bridgehead atoms. The molecule has 0 spiro atoms. The van der Waals surface area contributed by atoms with Crippen molar-refractivity contribution in [3.05, 3.63) is 90.5 Å². The van der Waals surface area contributed by atoms with Gasteiger partial charge in [-0.05, 0) is 42.0 Å². The monoisotopic (exact) mass is 407 g/mol. The first-order chi connectivity index (χ1) is 14.7. The maximum atomic E-state index is 13.4. The highest BCUT2D eigenvalue weighted by molar-refractivity contribution is 5.83. The zero-order chi connectivity index (χ0) is 20.8. The first kappa shape index (κ1) is 20.2. The molecule has 0 saturated carbocycles. The molecule has 0 unspecified atom stereocenters. The highest BCUT2D eigenvalue weighted by Crippen LogP contribution is 2.22. The maximum absolute atomic E-state index is 13.4. The first-order valence-corrected chi connectivity index (χ1v) is 10.3. The second-order valence-electron chi connectivity index (χ2n) is 7.41. The number of carbonyl (C=O) groups is 1. The molecule has 156 valence electrons. The molecule has 2 heterocycles. The molecular formula is C24H26FN3O2. The molecule has 1 aliphatic heterocycles. The van der Waals surface area contributed by atoms with Crippen LogP contribution >= 0.6 is 0 Å². The molecule has 4 rings (SSSR count). The van der Waals surface area contributed by atoms with E-state index in [0.717, 1.165) is 25.2 Å². The van der Waals surface area contributed by atoms with Crippen molar-refractivity contribution in [1.29, 1.82) is 0 Å². The summed E-state index contributed by atoms with van der Waals surface area (Å²) in [6, 6.07) is 19.5. The van der Waals surface area contributed by atoms with E-state index in [1.807, 2.05) is 64.3 Å². The van der Waals surface area contributed by atoms with Crippen molar-refractivity contribution in [2.75, 3.05) is 39.3 Å². The SMILES string of the molecule is O=C([C@@H](c1ccccc1)n1cccc1)N1CCN(CCOc2ccc(F)cc2)CC1. The number of hydrogen-bond acceptors (Lipinski definition) is 3. The number of carbonyl (C=O) groups excluding carboxylic acids is 1. The van der Waals surface area contributed by atoms with E-state index < -0.39 is 0 Å². The van der Waals surface area contributed by atoms with Gasteiger partial charge in [-0.15, -0.1) is 0 Å². The summed E-state index contributed by atoms with van der Waals surface area (Å²) in [4.78, 5) is 17.6. The lowest BCUT2D eigenvalue weighted by Gasteiger charge is -2.36. The third kappa shape index (κ3) is 4.89. The smallest absolute Gasteiger partial charge is 0.250 e. The second kappa shape index (κ2) is 9.59. The van der Waals surface area contributed by atoms with Crippen molar-refractivity contribution >= 4 is 5.91 Å². The highest BCUT2D eigenvalue weighted by Gasteiger charge is 2.29. The number of hydrogen-bond donors (Lipinski definition) is 0. The Morgan fingerprint density at radius 1 is 0.900 bits per heavy atom. The molecular weight excluding hydrogens is 381 g/mol. The molecule has 3 aromatic rings. The summed E-state index contributed by atoms with van der Waals surface area (Å²) in [6.45, 7) is 4.33. The number of benzene rings is 2. The molecule has 1 amide bonds. The Morgan fingerprint density at radius 2 is 1.57 bits per heavy atom. The van der Waals surface area contributed by atoms with E-state index in [0.29, 0.717) is 25.4 Å². The summed E-state index contributed by atoms with van der Waals surface area (Å²) in [5.74, 6) is 0.527. The fourth-order valence-electron chi connectivity index (χ4n) is 3.79. The Labute approximate surface area is 176 Å². The Hall–Kier alpha value is -3.12. The van der Waals surface area contributed by atoms with Crippen molar-refractivity contribution in [2.45, 2.75) is 6.04 Å². The Balaban J connectivity index is 1.31. The van der Waals surface area contributed by atoms with E-state index in [1.165, 1.54) is 12.1 Å². The molecule has 6 heteroatoms. The van der Waals surface area contributed by atoms with Crippen LogP contribution in [0.4, 0.5) is 4.39 Å². The second-order valence-corrected chi connectivity index (χ2v) is 7.41. The molecule has 0 N–H and O–H groups in total. The van der Waals surface area contributed by atoms with E-state index >= 15 is 0 Å². The zero-order valence-electron chi connectivity index (χ0n) is 16.9. The maximum Gasteiger partial charge on any atom is 0.250 e. The molecule has 1 atom stereocenters. The average Bonchev–Trinajstić information content (AvgIpc) is 3.31. The van der Waals surface area contributed by atoms with Crippen molar-refractivity contribution in [1.82, 2.24) is 14.4 Å². The third-order valence-corrected chi connectivity index (χ3v) is 5.45. The number of halogens is 1. The van der Waals surface area contributed by atoms with Gasteiger partial charge in [0.25, 0.3) is 0 Å². The molecule has 0 radical (unpaired) electrons. The fourth-order valence-corrected chi connectivity index (χ4v) is 3.79. The summed E-state index contributed by atoms with van der Waals surface area (Å²) in [5, 5.41) is 0. The lowest BCUT2D eigenvalue weighted by atomic mass is 10.0. The minimum atomic E-state index is -0.338. The summed E-state index contributed by atoms with van der Waals surface area (Å²) >= 11 is 0. The minimum Gasteiger partial charge on any atom is -0.492 e. The molecule has 1 fully saturated rings. The van der Waals surface area contributed by atoms with Crippen LogP contribution < -0.4 is 4.74 Å². The van der Waals surface area contributed by atoms with E-state index in [1.54, 1.807) is 12.1 Å². The van der Waals surface area contributed by atoms with Gasteiger partial charge in [0.1, 0.15) is 24.2 Å². The van der Waals surface area contributed by atoms with Crippen molar-refractivity contribution in [3.63, 3.8) is 0 Å². The van der Waals surface area contributed by atoms with E-state index in [9.17, 15) is 9.18 Å². The number of rotatable bonds is 7. The first-order valence-electron chi connectivity index (χ1n) is 10.3. The minimum absolute atomic E-state index is 0.125. The van der Waals surface area contributed by atoms with Gasteiger partial charge >= 0.3 is 0 Å². The number of ether oxygens (including phenoxy) is 1. The predicted molar refractivity (Wildman–Crippen MR) is 114 cm³/mol. The van der Waals surface area contributed by atoms with Crippen LogP contribution in [-0.2, 0) is 4.79 Å². The number of nitrogens with zero attached hydrogens (tertiary/aromatic N) is 3. The standard InChI is InChI=1S/C24H26FN3O2/c25-21-8-10-22(11-9-21)30-19-18-26-14-16-28(17-15-26)24(29)23(27-12-4-5-13-27)20-6-2-1-3-7-20/h1-13,23H,14-19H2/t23-/m1/s1. The van der Waals surface area contributed by atoms with Gasteiger partial charge in [-0.3, -0.25) is 9.69 Å². The van der Waals surface area contributed by atoms with Gasteiger partial charge in [0.2, 0.25) is 5.91 Å². The van der Waals surface area contributed by atoms with Crippen LogP contribution in [0.25, 0.3) is 0 Å². The van der Waals surface area contributed by atoms with E-state index in [4.69, 9.17) is 4.74 Å². The summed E-state index contributed by atoms with van der Waals surface area (Å²) < 4.78 is 20.6. The van der Waals surface area contributed by atoms with Crippen LogP contribution in [0.15, 0.2) is 79.1 Å². The zero-order valence-corrected chi connectivity index (χ0v) is 16.9. The molecule has 0 aliphatic carbocycles. The molecule has 1 aliphatic rings. The summed E-state index contributed by atoms with van der Waals surface area (Å²) in [5.41, 5.74) is 0.994. The van der Waals surface area contributed by atoms with Crippen LogP contribution in [0, 0.1) is 5.82 Å². The number of aromatic nitrogens is 1. The number of amides is 1. The lowest BCUT2D eigenvalue weighted by molar-refractivity contribution is -0.135. The van der Waals surface area contributed by atoms with Gasteiger partial charge in [0.05, 0.1) is 0 Å². The fraction of sp³-hybridized carbons (Fsp3) is 0.292. The Bertz CT molecular complexity index is 921. The lowest BCUT2D eigenvalue weighted by Crippen LogP contribution is -2.51. The predicted octanol–water partition coefficient (Wildman–Crippen LogP) is 3.44. The van der Waals surface area contributed by atoms with E-state index in [-0.39, 0.29) is 17.8 Å². The Kier molecular flexibility index (Phi) is 6.44. The van der Waals surface area contributed by atoms with Gasteiger partial charge in [0.15, 0.2) is 0 Å². The van der Waals surface area contributed by atoms with Gasteiger partial charge in [-0.2, -0.15) is 0 Å². The quantitative estimate of drug-likeness (QED) is 0.602. The van der Waals surface area contributed by atoms with Crippen LogP contribution in [0.3, 0.4) is 0 Å². The highest BCUT2D eigenvalue weighted by atomic mass is 19.1. The van der Waals surface area contributed by atoms with Gasteiger partial charge in [0, 0.05) is 45.1 Å². The molecule has 2 aromatic carbocycles.